The third-order valence-corrected chi connectivity index (χ3v) is 4.56. The lowest BCUT2D eigenvalue weighted by molar-refractivity contribution is -0.140. The number of alkyl halides is 3. The molecule has 4 nitrogen and oxygen atoms in total. The number of allylic oxidation sites excluding steroid dienone is 2. The van der Waals surface area contributed by atoms with Crippen LogP contribution in [0.25, 0.3) is 0 Å². The summed E-state index contributed by atoms with van der Waals surface area (Å²) in [5.41, 5.74) is -0.772. The maximum absolute atomic E-state index is 12.6. The molecule has 0 N–H and O–H groups in total. The first kappa shape index (κ1) is 17.5. The van der Waals surface area contributed by atoms with Crippen LogP contribution in [0.4, 0.5) is 13.2 Å². The quantitative estimate of drug-likeness (QED) is 0.463. The van der Waals surface area contributed by atoms with Crippen LogP contribution in [0.3, 0.4) is 0 Å². The first-order valence-electron chi connectivity index (χ1n) is 8.18. The van der Waals surface area contributed by atoms with E-state index in [1.54, 1.807) is 0 Å². The van der Waals surface area contributed by atoms with Crippen molar-refractivity contribution in [1.29, 1.82) is 0 Å². The zero-order valence-corrected chi connectivity index (χ0v) is 13.5. The lowest BCUT2D eigenvalue weighted by atomic mass is 9.85. The van der Waals surface area contributed by atoms with Gasteiger partial charge in [-0.3, -0.25) is 14.5 Å². The topological polar surface area (TPSA) is 46.6 Å². The van der Waals surface area contributed by atoms with Crippen molar-refractivity contribution in [3.8, 4) is 5.75 Å². The fourth-order valence-electron chi connectivity index (χ4n) is 3.26. The fourth-order valence-corrected chi connectivity index (χ4v) is 3.26. The van der Waals surface area contributed by atoms with Crippen LogP contribution in [0.1, 0.15) is 24.8 Å². The fraction of sp³-hybridized carbons (Fsp3) is 0.444. The minimum atomic E-state index is -4.42. The second kappa shape index (κ2) is 6.90. The number of nitrogens with zero attached hydrogens (tertiary/aromatic N) is 1. The molecule has 1 heterocycles. The van der Waals surface area contributed by atoms with E-state index in [1.165, 1.54) is 17.0 Å². The number of benzene rings is 1. The first-order valence-corrected chi connectivity index (χ1v) is 8.18. The van der Waals surface area contributed by atoms with Crippen molar-refractivity contribution in [3.05, 3.63) is 42.0 Å². The lowest BCUT2D eigenvalue weighted by Crippen LogP contribution is -2.32. The molecule has 25 heavy (non-hydrogen) atoms. The van der Waals surface area contributed by atoms with Gasteiger partial charge in [0, 0.05) is 6.54 Å². The molecule has 0 saturated carbocycles. The van der Waals surface area contributed by atoms with Gasteiger partial charge in [-0.2, -0.15) is 13.2 Å². The Bertz CT molecular complexity index is 673. The number of halogens is 3. The number of hydrogen-bond donors (Lipinski definition) is 0. The predicted octanol–water partition coefficient (Wildman–Crippen LogP) is 3.43. The molecular weight excluding hydrogens is 335 g/mol. The number of carbonyl (C=O) groups is 2. The smallest absolute Gasteiger partial charge is 0.416 e. The van der Waals surface area contributed by atoms with E-state index in [-0.39, 0.29) is 42.6 Å². The van der Waals surface area contributed by atoms with Crippen LogP contribution in [0.15, 0.2) is 36.4 Å². The number of fused-ring (bicyclic) bond motifs is 1. The molecule has 2 unspecified atom stereocenters. The van der Waals surface area contributed by atoms with Crippen molar-refractivity contribution < 1.29 is 27.5 Å². The summed E-state index contributed by atoms with van der Waals surface area (Å²) < 4.78 is 43.3. The van der Waals surface area contributed by atoms with Crippen LogP contribution in [-0.2, 0) is 15.8 Å². The molecule has 0 bridgehead atoms. The lowest BCUT2D eigenvalue weighted by Gasteiger charge is -2.15. The van der Waals surface area contributed by atoms with E-state index in [9.17, 15) is 22.8 Å². The van der Waals surface area contributed by atoms with E-state index in [1.807, 2.05) is 12.2 Å². The van der Waals surface area contributed by atoms with Crippen LogP contribution in [0.2, 0.25) is 0 Å². The molecule has 2 aliphatic rings. The van der Waals surface area contributed by atoms with Gasteiger partial charge in [0.05, 0.1) is 24.0 Å². The van der Waals surface area contributed by atoms with Crippen LogP contribution in [0, 0.1) is 11.8 Å². The normalized spacial score (nSPS) is 23.1. The Morgan fingerprint density at radius 1 is 1.08 bits per heavy atom. The number of amides is 2. The number of hydrogen-bond acceptors (Lipinski definition) is 3. The third kappa shape index (κ3) is 3.70. The largest absolute Gasteiger partial charge is 0.494 e. The van der Waals surface area contributed by atoms with Crippen molar-refractivity contribution in [3.63, 3.8) is 0 Å². The summed E-state index contributed by atoms with van der Waals surface area (Å²) in [6, 6.07) is 4.64. The maximum Gasteiger partial charge on any atom is 0.416 e. The number of imide groups is 1. The van der Waals surface area contributed by atoms with Gasteiger partial charge in [0.1, 0.15) is 5.75 Å². The van der Waals surface area contributed by atoms with Gasteiger partial charge in [-0.15, -0.1) is 0 Å². The molecule has 2 atom stereocenters. The zero-order valence-electron chi connectivity index (χ0n) is 13.5. The Morgan fingerprint density at radius 2 is 1.72 bits per heavy atom. The number of likely N-dealkylation sites (tertiary alicyclic amines) is 1. The molecule has 1 fully saturated rings. The van der Waals surface area contributed by atoms with Crippen LogP contribution in [-0.4, -0.2) is 29.9 Å². The number of rotatable bonds is 5. The van der Waals surface area contributed by atoms with Crippen molar-refractivity contribution in [1.82, 2.24) is 4.90 Å². The zero-order chi connectivity index (χ0) is 18.0. The van der Waals surface area contributed by atoms with Crippen molar-refractivity contribution in [2.24, 2.45) is 11.8 Å². The van der Waals surface area contributed by atoms with Gasteiger partial charge in [0.2, 0.25) is 11.8 Å². The highest BCUT2D eigenvalue weighted by Gasteiger charge is 2.46. The highest BCUT2D eigenvalue weighted by atomic mass is 19.4. The molecule has 1 saturated heterocycles. The summed E-state index contributed by atoms with van der Waals surface area (Å²) in [6.07, 6.45) is 0.983. The van der Waals surface area contributed by atoms with Gasteiger partial charge >= 0.3 is 6.18 Å². The van der Waals surface area contributed by atoms with Crippen LogP contribution in [0.5, 0.6) is 5.75 Å². The van der Waals surface area contributed by atoms with Gasteiger partial charge in [-0.05, 0) is 37.5 Å². The average molecular weight is 353 g/mol. The van der Waals surface area contributed by atoms with E-state index in [4.69, 9.17) is 4.74 Å². The van der Waals surface area contributed by atoms with Gasteiger partial charge in [0.25, 0.3) is 0 Å². The Hall–Kier alpha value is -2.31. The Morgan fingerprint density at radius 3 is 2.32 bits per heavy atom. The molecule has 3 rings (SSSR count). The van der Waals surface area contributed by atoms with E-state index >= 15 is 0 Å². The Kier molecular flexibility index (Phi) is 4.83. The first-order chi connectivity index (χ1) is 11.9. The second-order valence-electron chi connectivity index (χ2n) is 6.21. The highest BCUT2D eigenvalue weighted by molar-refractivity contribution is 6.05. The minimum Gasteiger partial charge on any atom is -0.494 e. The van der Waals surface area contributed by atoms with E-state index in [2.05, 4.69) is 0 Å². The second-order valence-corrected chi connectivity index (χ2v) is 6.21. The van der Waals surface area contributed by atoms with E-state index in [0.717, 1.165) is 12.1 Å². The molecule has 1 aromatic rings. The summed E-state index contributed by atoms with van der Waals surface area (Å²) in [4.78, 5) is 25.8. The van der Waals surface area contributed by atoms with Crippen LogP contribution < -0.4 is 4.74 Å². The molecule has 1 aliphatic carbocycles. The molecule has 0 radical (unpaired) electrons. The van der Waals surface area contributed by atoms with Gasteiger partial charge in [-0.25, -0.2) is 0 Å². The Labute approximate surface area is 143 Å². The van der Waals surface area contributed by atoms with Crippen LogP contribution >= 0.6 is 0 Å². The van der Waals surface area contributed by atoms with E-state index in [0.29, 0.717) is 19.3 Å². The molecule has 1 aromatic carbocycles. The predicted molar refractivity (Wildman–Crippen MR) is 83.6 cm³/mol. The summed E-state index contributed by atoms with van der Waals surface area (Å²) >= 11 is 0. The molecule has 134 valence electrons. The molecule has 1 aliphatic heterocycles. The number of ether oxygens (including phenoxy) is 1. The maximum atomic E-state index is 12.6. The summed E-state index contributed by atoms with van der Waals surface area (Å²) in [5, 5.41) is 0. The average Bonchev–Trinajstić information content (AvgIpc) is 2.83. The summed E-state index contributed by atoms with van der Waals surface area (Å²) in [5.74, 6) is -0.715. The monoisotopic (exact) mass is 353 g/mol. The van der Waals surface area contributed by atoms with Gasteiger partial charge in [-0.1, -0.05) is 18.2 Å². The molecular formula is C18H18F3NO3. The third-order valence-electron chi connectivity index (χ3n) is 4.56. The number of carbonyl (C=O) groups excluding carboxylic acids is 2. The molecule has 0 aromatic heterocycles. The van der Waals surface area contributed by atoms with E-state index < -0.39 is 11.7 Å². The van der Waals surface area contributed by atoms with Crippen molar-refractivity contribution in [2.45, 2.75) is 25.4 Å². The van der Waals surface area contributed by atoms with Crippen molar-refractivity contribution >= 4 is 11.8 Å². The summed E-state index contributed by atoms with van der Waals surface area (Å²) in [7, 11) is 0. The minimum absolute atomic E-state index is 0.117. The summed E-state index contributed by atoms with van der Waals surface area (Å²) in [6.45, 7) is 0.357. The standard InChI is InChI=1S/C18H18F3NO3/c19-18(20,21)12-5-3-6-13(11-12)25-10-4-9-22-16(23)14-7-1-2-8-15(14)17(22)24/h1-3,5-6,11,14-15H,4,7-10H2. The van der Waals surface area contributed by atoms with Crippen molar-refractivity contribution in [2.75, 3.05) is 13.2 Å². The molecule has 7 heteroatoms. The van der Waals surface area contributed by atoms with Gasteiger partial charge < -0.3 is 4.74 Å². The molecule has 2 amide bonds. The Balaban J connectivity index is 1.51. The SMILES string of the molecule is O=C1C2CC=CCC2C(=O)N1CCCOc1cccc(C(F)(F)F)c1. The van der Waals surface area contributed by atoms with Gasteiger partial charge in [0.15, 0.2) is 0 Å². The molecule has 0 spiro atoms. The highest BCUT2D eigenvalue weighted by Crippen LogP contribution is 2.35.